The van der Waals surface area contributed by atoms with Gasteiger partial charge in [-0.15, -0.1) is 11.3 Å². The van der Waals surface area contributed by atoms with Gasteiger partial charge in [-0.1, -0.05) is 48.0 Å². The predicted octanol–water partition coefficient (Wildman–Crippen LogP) is 4.79. The monoisotopic (exact) mass is 488 g/mol. The van der Waals surface area contributed by atoms with Crippen LogP contribution in [0.2, 0.25) is 0 Å². The van der Waals surface area contributed by atoms with Gasteiger partial charge in [0.1, 0.15) is 22.7 Å². The maximum Gasteiger partial charge on any atom is 0.273 e. The Hall–Kier alpha value is -3.78. The molecule has 1 unspecified atom stereocenters. The highest BCUT2D eigenvalue weighted by molar-refractivity contribution is 7.13. The van der Waals surface area contributed by atoms with E-state index in [1.165, 1.54) is 12.1 Å². The van der Waals surface area contributed by atoms with Gasteiger partial charge in [0.05, 0.1) is 11.4 Å². The molecule has 5 rings (SSSR count). The number of halogens is 1. The van der Waals surface area contributed by atoms with Crippen LogP contribution in [0.1, 0.15) is 34.1 Å². The first-order valence-corrected chi connectivity index (χ1v) is 12.2. The van der Waals surface area contributed by atoms with Crippen molar-refractivity contribution in [3.8, 4) is 10.6 Å². The SMILES string of the molecule is Cc1ccc(CN2C(=O)c3cc(-c4cccs4)nn3CC2(C)C(=O)NCc2ccc(F)cc2)cc1. The van der Waals surface area contributed by atoms with E-state index in [2.05, 4.69) is 10.4 Å². The maximum atomic E-state index is 13.7. The Labute approximate surface area is 207 Å². The Bertz CT molecular complexity index is 1360. The van der Waals surface area contributed by atoms with Gasteiger partial charge in [-0.05, 0) is 54.6 Å². The van der Waals surface area contributed by atoms with Gasteiger partial charge in [0, 0.05) is 13.1 Å². The molecular weight excluding hydrogens is 463 g/mol. The summed E-state index contributed by atoms with van der Waals surface area (Å²) in [5.74, 6) is -0.866. The first-order chi connectivity index (χ1) is 16.8. The quantitative estimate of drug-likeness (QED) is 0.424. The number of carbonyl (C=O) groups excluding carboxylic acids is 2. The summed E-state index contributed by atoms with van der Waals surface area (Å²) in [6, 6.07) is 19.6. The first-order valence-electron chi connectivity index (χ1n) is 11.4. The molecule has 2 aromatic carbocycles. The molecule has 1 aliphatic heterocycles. The Morgan fingerprint density at radius 3 is 2.51 bits per heavy atom. The number of benzene rings is 2. The van der Waals surface area contributed by atoms with Crippen LogP contribution in [0.4, 0.5) is 4.39 Å². The zero-order chi connectivity index (χ0) is 24.6. The molecule has 0 radical (unpaired) electrons. The summed E-state index contributed by atoms with van der Waals surface area (Å²) in [4.78, 5) is 29.9. The van der Waals surface area contributed by atoms with Crippen LogP contribution in [0.5, 0.6) is 0 Å². The summed E-state index contributed by atoms with van der Waals surface area (Å²) in [5, 5.41) is 9.57. The summed E-state index contributed by atoms with van der Waals surface area (Å²) in [6.07, 6.45) is 0. The highest BCUT2D eigenvalue weighted by atomic mass is 32.1. The summed E-state index contributed by atoms with van der Waals surface area (Å²) >= 11 is 1.55. The second kappa shape index (κ2) is 9.11. The fraction of sp³-hybridized carbons (Fsp3) is 0.222. The average molecular weight is 489 g/mol. The predicted molar refractivity (Wildman–Crippen MR) is 133 cm³/mol. The molecule has 4 aromatic rings. The molecule has 8 heteroatoms. The number of rotatable bonds is 6. The smallest absolute Gasteiger partial charge is 0.273 e. The van der Waals surface area contributed by atoms with E-state index in [1.807, 2.05) is 48.7 Å². The number of aryl methyl sites for hydroxylation is 1. The molecule has 0 spiro atoms. The third-order valence-electron chi connectivity index (χ3n) is 6.39. The minimum Gasteiger partial charge on any atom is -0.350 e. The summed E-state index contributed by atoms with van der Waals surface area (Å²) in [5.41, 5.74) is 2.84. The van der Waals surface area contributed by atoms with E-state index in [4.69, 9.17) is 0 Å². The number of fused-ring (bicyclic) bond motifs is 1. The van der Waals surface area contributed by atoms with Crippen LogP contribution in [0.3, 0.4) is 0 Å². The number of aromatic nitrogens is 2. The number of nitrogens with one attached hydrogen (secondary N) is 1. The molecule has 0 saturated carbocycles. The number of hydrogen-bond donors (Lipinski definition) is 1. The largest absolute Gasteiger partial charge is 0.350 e. The highest BCUT2D eigenvalue weighted by Crippen LogP contribution is 2.32. The number of amides is 2. The lowest BCUT2D eigenvalue weighted by Crippen LogP contribution is -2.63. The van der Waals surface area contributed by atoms with Crippen molar-refractivity contribution in [2.45, 2.75) is 39.0 Å². The van der Waals surface area contributed by atoms with Gasteiger partial charge < -0.3 is 10.2 Å². The molecule has 178 valence electrons. The van der Waals surface area contributed by atoms with Crippen LogP contribution >= 0.6 is 11.3 Å². The van der Waals surface area contributed by atoms with E-state index in [-0.39, 0.29) is 30.7 Å². The third kappa shape index (κ3) is 4.49. The van der Waals surface area contributed by atoms with E-state index >= 15 is 0 Å². The lowest BCUT2D eigenvalue weighted by molar-refractivity contribution is -0.133. The van der Waals surface area contributed by atoms with E-state index in [1.54, 1.807) is 46.0 Å². The molecule has 0 aliphatic carbocycles. The zero-order valence-corrected chi connectivity index (χ0v) is 20.3. The van der Waals surface area contributed by atoms with Gasteiger partial charge in [0.2, 0.25) is 5.91 Å². The molecule has 1 aliphatic rings. The molecule has 1 N–H and O–H groups in total. The molecule has 0 bridgehead atoms. The van der Waals surface area contributed by atoms with Gasteiger partial charge in [0.25, 0.3) is 5.91 Å². The molecule has 0 fully saturated rings. The minimum absolute atomic E-state index is 0.223. The second-order valence-corrected chi connectivity index (χ2v) is 9.96. The molecule has 0 saturated heterocycles. The first kappa shape index (κ1) is 23.0. The topological polar surface area (TPSA) is 67.2 Å². The van der Waals surface area contributed by atoms with E-state index in [0.29, 0.717) is 12.2 Å². The van der Waals surface area contributed by atoms with Gasteiger partial charge >= 0.3 is 0 Å². The molecule has 6 nitrogen and oxygen atoms in total. The lowest BCUT2D eigenvalue weighted by atomic mass is 9.94. The van der Waals surface area contributed by atoms with Crippen molar-refractivity contribution in [2.24, 2.45) is 0 Å². The standard InChI is InChI=1S/C27H25FN4O2S/c1-18-5-7-20(8-6-18)16-31-25(33)23-14-22(24-4-3-13-35-24)30-32(23)17-27(31,2)26(34)29-15-19-9-11-21(28)12-10-19/h3-14H,15-17H2,1-2H3,(H,29,34). The van der Waals surface area contributed by atoms with E-state index in [9.17, 15) is 14.0 Å². The normalized spacial score (nSPS) is 17.3. The van der Waals surface area contributed by atoms with Crippen LogP contribution in [0, 0.1) is 12.7 Å². The van der Waals surface area contributed by atoms with Crippen LogP contribution < -0.4 is 5.32 Å². The maximum absolute atomic E-state index is 13.7. The van der Waals surface area contributed by atoms with Crippen LogP contribution in [-0.4, -0.2) is 32.0 Å². The lowest BCUT2D eigenvalue weighted by Gasteiger charge is -2.43. The second-order valence-electron chi connectivity index (χ2n) is 9.01. The van der Waals surface area contributed by atoms with Crippen LogP contribution in [0.25, 0.3) is 10.6 Å². The summed E-state index contributed by atoms with van der Waals surface area (Å²) in [7, 11) is 0. The van der Waals surface area contributed by atoms with Gasteiger partial charge in [-0.2, -0.15) is 5.10 Å². The average Bonchev–Trinajstić information content (AvgIpc) is 3.52. The third-order valence-corrected chi connectivity index (χ3v) is 7.28. The number of hydrogen-bond acceptors (Lipinski definition) is 4. The Morgan fingerprint density at radius 1 is 1.11 bits per heavy atom. The number of thiophene rings is 1. The molecule has 2 amide bonds. The fourth-order valence-corrected chi connectivity index (χ4v) is 4.97. The molecular formula is C27H25FN4O2S. The Kier molecular flexibility index (Phi) is 5.98. The molecule has 2 aromatic heterocycles. The minimum atomic E-state index is -1.17. The van der Waals surface area contributed by atoms with Crippen LogP contribution in [-0.2, 0) is 24.4 Å². The summed E-state index contributed by atoms with van der Waals surface area (Å²) < 4.78 is 14.9. The van der Waals surface area contributed by atoms with Crippen molar-refractivity contribution in [2.75, 3.05) is 0 Å². The molecule has 35 heavy (non-hydrogen) atoms. The van der Waals surface area contributed by atoms with Crippen molar-refractivity contribution in [1.29, 1.82) is 0 Å². The van der Waals surface area contributed by atoms with Gasteiger partial charge in [-0.25, -0.2) is 4.39 Å². The number of carbonyl (C=O) groups is 2. The van der Waals surface area contributed by atoms with Crippen molar-refractivity contribution in [3.63, 3.8) is 0 Å². The van der Waals surface area contributed by atoms with Gasteiger partial charge in [-0.3, -0.25) is 14.3 Å². The summed E-state index contributed by atoms with van der Waals surface area (Å²) in [6.45, 7) is 4.52. The number of nitrogens with zero attached hydrogens (tertiary/aromatic N) is 3. The Balaban J connectivity index is 1.47. The van der Waals surface area contributed by atoms with Crippen molar-refractivity contribution < 1.29 is 14.0 Å². The van der Waals surface area contributed by atoms with Crippen LogP contribution in [0.15, 0.2) is 72.1 Å². The highest BCUT2D eigenvalue weighted by Gasteiger charge is 2.48. The van der Waals surface area contributed by atoms with Gasteiger partial charge in [0.15, 0.2) is 0 Å². The fourth-order valence-electron chi connectivity index (χ4n) is 4.29. The van der Waals surface area contributed by atoms with E-state index < -0.39 is 5.54 Å². The molecule has 1 atom stereocenters. The van der Waals surface area contributed by atoms with E-state index in [0.717, 1.165) is 27.3 Å². The molecule has 3 heterocycles. The van der Waals surface area contributed by atoms with Crippen molar-refractivity contribution in [1.82, 2.24) is 20.0 Å². The van der Waals surface area contributed by atoms with Crippen molar-refractivity contribution >= 4 is 23.2 Å². The zero-order valence-electron chi connectivity index (χ0n) is 19.5. The Morgan fingerprint density at radius 2 is 1.83 bits per heavy atom. The van der Waals surface area contributed by atoms with Crippen molar-refractivity contribution in [3.05, 3.63) is 100 Å².